The van der Waals surface area contributed by atoms with Gasteiger partial charge in [-0.1, -0.05) is 18.5 Å². The molecule has 6 heteroatoms. The Hall–Kier alpha value is -1.35. The molecule has 1 aliphatic rings. The molecule has 5 nitrogen and oxygen atoms in total. The summed E-state index contributed by atoms with van der Waals surface area (Å²) in [6.45, 7) is 9.16. The van der Waals surface area contributed by atoms with Crippen LogP contribution in [0.4, 0.5) is 5.82 Å². The second-order valence-corrected chi connectivity index (χ2v) is 6.41. The highest BCUT2D eigenvalue weighted by molar-refractivity contribution is 6.31. The minimum atomic E-state index is 0.276. The lowest BCUT2D eigenvalue weighted by atomic mass is 9.93. The zero-order valence-electron chi connectivity index (χ0n) is 13.9. The van der Waals surface area contributed by atoms with Crippen LogP contribution in [0.2, 0.25) is 5.02 Å². The highest BCUT2D eigenvalue weighted by Gasteiger charge is 2.26. The molecule has 0 amide bonds. The van der Waals surface area contributed by atoms with Crippen LogP contribution in [0.1, 0.15) is 32.4 Å². The van der Waals surface area contributed by atoms with Gasteiger partial charge in [-0.3, -0.25) is 0 Å². The zero-order valence-corrected chi connectivity index (χ0v) is 14.6. The zero-order chi connectivity index (χ0) is 16.7. The number of aromatic nitrogens is 1. The molecular formula is C17H25ClN4O. The summed E-state index contributed by atoms with van der Waals surface area (Å²) in [5, 5.41) is 12.9. The maximum Gasteiger partial charge on any atom is 0.161 e. The molecule has 0 radical (unpaired) electrons. The molecular weight excluding hydrogens is 312 g/mol. The van der Waals surface area contributed by atoms with Gasteiger partial charge in [-0.2, -0.15) is 5.26 Å². The first-order chi connectivity index (χ1) is 11.1. The first-order valence-corrected chi connectivity index (χ1v) is 8.65. The van der Waals surface area contributed by atoms with Crippen molar-refractivity contribution in [1.82, 2.24) is 9.88 Å². The number of pyridine rings is 1. The Balaban J connectivity index is 1.83. The highest BCUT2D eigenvalue weighted by Crippen LogP contribution is 2.22. The molecule has 1 aliphatic heterocycles. The van der Waals surface area contributed by atoms with Crippen LogP contribution in [-0.2, 0) is 4.74 Å². The molecule has 1 aromatic rings. The highest BCUT2D eigenvalue weighted by atomic mass is 35.5. The maximum atomic E-state index is 9.01. The molecule has 0 saturated carbocycles. The van der Waals surface area contributed by atoms with Crippen LogP contribution < -0.4 is 5.32 Å². The van der Waals surface area contributed by atoms with Gasteiger partial charge in [0.2, 0.25) is 0 Å². The smallest absolute Gasteiger partial charge is 0.161 e. The quantitative estimate of drug-likeness (QED) is 0.775. The molecule has 1 N–H and O–H groups in total. The third-order valence-electron chi connectivity index (χ3n) is 4.24. The van der Waals surface area contributed by atoms with Crippen LogP contribution in [0.5, 0.6) is 0 Å². The summed E-state index contributed by atoms with van der Waals surface area (Å²) in [5.41, 5.74) is 0.276. The summed E-state index contributed by atoms with van der Waals surface area (Å²) in [4.78, 5) is 6.77. The predicted octanol–water partition coefficient (Wildman–Crippen LogP) is 3.16. The fourth-order valence-corrected chi connectivity index (χ4v) is 3.12. The first kappa shape index (κ1) is 18.0. The van der Waals surface area contributed by atoms with E-state index < -0.39 is 0 Å². The first-order valence-electron chi connectivity index (χ1n) is 8.27. The molecule has 0 bridgehead atoms. The Morgan fingerprint density at radius 2 is 2.35 bits per heavy atom. The fraction of sp³-hybridized carbons (Fsp3) is 0.647. The van der Waals surface area contributed by atoms with E-state index in [0.29, 0.717) is 17.0 Å². The second kappa shape index (κ2) is 9.07. The van der Waals surface area contributed by atoms with E-state index in [1.807, 2.05) is 19.1 Å². The van der Waals surface area contributed by atoms with E-state index in [1.165, 1.54) is 0 Å². The summed E-state index contributed by atoms with van der Waals surface area (Å²) in [7, 11) is 0. The van der Waals surface area contributed by atoms with Gasteiger partial charge in [0.15, 0.2) is 5.69 Å². The summed E-state index contributed by atoms with van der Waals surface area (Å²) in [6.07, 6.45) is 2.16. The molecule has 0 aromatic carbocycles. The number of anilines is 1. The number of likely N-dealkylation sites (tertiary alicyclic amines) is 1. The van der Waals surface area contributed by atoms with Gasteiger partial charge in [0.05, 0.1) is 5.02 Å². The number of hydrogen-bond donors (Lipinski definition) is 1. The lowest BCUT2D eigenvalue weighted by Gasteiger charge is -2.37. The van der Waals surface area contributed by atoms with E-state index in [1.54, 1.807) is 6.07 Å². The van der Waals surface area contributed by atoms with Crippen molar-refractivity contribution in [3.63, 3.8) is 0 Å². The van der Waals surface area contributed by atoms with Gasteiger partial charge in [-0.25, -0.2) is 4.98 Å². The van der Waals surface area contributed by atoms with Crippen molar-refractivity contribution >= 4 is 17.4 Å². The monoisotopic (exact) mass is 336 g/mol. The van der Waals surface area contributed by atoms with Crippen molar-refractivity contribution in [3.05, 3.63) is 22.8 Å². The van der Waals surface area contributed by atoms with Crippen molar-refractivity contribution in [2.24, 2.45) is 5.92 Å². The minimum Gasteiger partial charge on any atom is -0.382 e. The molecule has 0 spiro atoms. The molecule has 2 unspecified atom stereocenters. The Bertz CT molecular complexity index is 546. The number of nitrogens with zero attached hydrogens (tertiary/aromatic N) is 3. The van der Waals surface area contributed by atoms with Crippen molar-refractivity contribution in [2.45, 2.75) is 32.7 Å². The van der Waals surface area contributed by atoms with Crippen LogP contribution >= 0.6 is 11.6 Å². The van der Waals surface area contributed by atoms with Crippen molar-refractivity contribution < 1.29 is 4.74 Å². The summed E-state index contributed by atoms with van der Waals surface area (Å²) < 4.78 is 5.40. The molecule has 2 heterocycles. The van der Waals surface area contributed by atoms with Gasteiger partial charge in [-0.15, -0.1) is 0 Å². The molecule has 0 aliphatic carbocycles. The van der Waals surface area contributed by atoms with Gasteiger partial charge in [0.1, 0.15) is 11.9 Å². The Morgan fingerprint density at radius 3 is 3.04 bits per heavy atom. The molecule has 1 fully saturated rings. The number of rotatable bonds is 7. The number of halogens is 1. The van der Waals surface area contributed by atoms with Gasteiger partial charge in [-0.05, 0) is 37.8 Å². The van der Waals surface area contributed by atoms with Gasteiger partial charge in [0, 0.05) is 38.9 Å². The van der Waals surface area contributed by atoms with Crippen molar-refractivity contribution in [1.29, 1.82) is 5.26 Å². The van der Waals surface area contributed by atoms with E-state index in [0.717, 1.165) is 51.5 Å². The number of ether oxygens (including phenoxy) is 1. The third kappa shape index (κ3) is 5.35. The van der Waals surface area contributed by atoms with Crippen LogP contribution in [0.25, 0.3) is 0 Å². The molecule has 2 atom stereocenters. The van der Waals surface area contributed by atoms with Crippen LogP contribution in [-0.4, -0.2) is 48.8 Å². The van der Waals surface area contributed by atoms with E-state index >= 15 is 0 Å². The third-order valence-corrected chi connectivity index (χ3v) is 4.55. The van der Waals surface area contributed by atoms with Crippen LogP contribution in [0.3, 0.4) is 0 Å². The van der Waals surface area contributed by atoms with Gasteiger partial charge >= 0.3 is 0 Å². The second-order valence-electron chi connectivity index (χ2n) is 6.01. The molecule has 1 aromatic heterocycles. The largest absolute Gasteiger partial charge is 0.382 e. The summed E-state index contributed by atoms with van der Waals surface area (Å²) in [6, 6.07) is 5.96. The van der Waals surface area contributed by atoms with Crippen molar-refractivity contribution in [3.8, 4) is 6.07 Å². The maximum absolute atomic E-state index is 9.01. The van der Waals surface area contributed by atoms with E-state index in [2.05, 4.69) is 22.1 Å². The SMILES string of the molecule is CCOCCCN1CCC(Nc2ccc(Cl)c(C#N)n2)C(C)C1. The topological polar surface area (TPSA) is 61.2 Å². The van der Waals surface area contributed by atoms with Crippen LogP contribution in [0, 0.1) is 17.2 Å². The summed E-state index contributed by atoms with van der Waals surface area (Å²) in [5.74, 6) is 1.26. The number of nitrogens with one attached hydrogen (secondary N) is 1. The Labute approximate surface area is 143 Å². The van der Waals surface area contributed by atoms with E-state index in [9.17, 15) is 0 Å². The predicted molar refractivity (Wildman–Crippen MR) is 92.7 cm³/mol. The van der Waals surface area contributed by atoms with Crippen LogP contribution in [0.15, 0.2) is 12.1 Å². The Morgan fingerprint density at radius 1 is 1.52 bits per heavy atom. The summed E-state index contributed by atoms with van der Waals surface area (Å²) >= 11 is 5.93. The Kier molecular flexibility index (Phi) is 7.10. The van der Waals surface area contributed by atoms with Gasteiger partial charge in [0.25, 0.3) is 0 Å². The minimum absolute atomic E-state index is 0.276. The number of nitriles is 1. The van der Waals surface area contributed by atoms with Gasteiger partial charge < -0.3 is 15.0 Å². The van der Waals surface area contributed by atoms with E-state index in [-0.39, 0.29) is 5.69 Å². The normalized spacial score (nSPS) is 21.8. The average Bonchev–Trinajstić information content (AvgIpc) is 2.55. The fourth-order valence-electron chi connectivity index (χ4n) is 2.97. The molecule has 126 valence electrons. The molecule has 23 heavy (non-hydrogen) atoms. The lowest BCUT2D eigenvalue weighted by molar-refractivity contribution is 0.117. The molecule has 1 saturated heterocycles. The standard InChI is InChI=1S/C17H25ClN4O/c1-3-23-10-4-8-22-9-7-15(13(2)12-22)20-17-6-5-14(18)16(11-19)21-17/h5-6,13,15H,3-4,7-10,12H2,1-2H3,(H,20,21). The number of hydrogen-bond acceptors (Lipinski definition) is 5. The lowest BCUT2D eigenvalue weighted by Crippen LogP contribution is -2.45. The average molecular weight is 337 g/mol. The van der Waals surface area contributed by atoms with Crippen molar-refractivity contribution in [2.75, 3.05) is 38.2 Å². The molecule has 2 rings (SSSR count). The number of piperidine rings is 1. The van der Waals surface area contributed by atoms with E-state index in [4.69, 9.17) is 21.6 Å².